The number of nitrogens with one attached hydrogen (secondary N) is 1. The predicted molar refractivity (Wildman–Crippen MR) is 84.2 cm³/mol. The number of aromatic nitrogens is 2. The van der Waals surface area contributed by atoms with Crippen molar-refractivity contribution in [3.8, 4) is 0 Å². The quantitative estimate of drug-likeness (QED) is 0.897. The molecule has 1 aliphatic rings. The van der Waals surface area contributed by atoms with Crippen molar-refractivity contribution in [2.45, 2.75) is 46.5 Å². The summed E-state index contributed by atoms with van der Waals surface area (Å²) in [7, 11) is 0. The molecule has 1 saturated heterocycles. The number of piperidine rings is 1. The van der Waals surface area contributed by atoms with E-state index >= 15 is 0 Å². The number of aryl methyl sites for hydroxylation is 1. The molecule has 0 spiro atoms. The van der Waals surface area contributed by atoms with Crippen LogP contribution in [0.1, 0.15) is 51.0 Å². The maximum atomic E-state index is 4.59. The number of hydrogen-bond acceptors (Lipinski definition) is 4. The molecule has 0 aromatic carbocycles. The summed E-state index contributed by atoms with van der Waals surface area (Å²) in [4.78, 5) is 11.6. The van der Waals surface area contributed by atoms with Crippen LogP contribution in [-0.4, -0.2) is 41.0 Å². The average molecular weight is 276 g/mol. The second kappa shape index (κ2) is 7.02. The topological polar surface area (TPSA) is 41.0 Å². The molecular formula is C16H28N4. The molecule has 1 fully saturated rings. The van der Waals surface area contributed by atoms with Gasteiger partial charge in [0, 0.05) is 30.8 Å². The van der Waals surface area contributed by atoms with E-state index in [1.165, 1.54) is 25.9 Å². The smallest absolute Gasteiger partial charge is 0.133 e. The van der Waals surface area contributed by atoms with Gasteiger partial charge >= 0.3 is 0 Å². The third-order valence-corrected chi connectivity index (χ3v) is 4.00. The first-order chi connectivity index (χ1) is 9.54. The van der Waals surface area contributed by atoms with Gasteiger partial charge in [-0.05, 0) is 38.8 Å². The summed E-state index contributed by atoms with van der Waals surface area (Å²) < 4.78 is 0. The third-order valence-electron chi connectivity index (χ3n) is 4.00. The predicted octanol–water partition coefficient (Wildman–Crippen LogP) is 3.05. The molecule has 0 amide bonds. The first-order valence-electron chi connectivity index (χ1n) is 7.86. The molecule has 4 nitrogen and oxygen atoms in total. The van der Waals surface area contributed by atoms with Gasteiger partial charge in [0.05, 0.1) is 0 Å². The summed E-state index contributed by atoms with van der Waals surface area (Å²) in [5, 5.41) is 3.45. The van der Waals surface area contributed by atoms with Crippen LogP contribution in [0.5, 0.6) is 0 Å². The van der Waals surface area contributed by atoms with E-state index in [0.29, 0.717) is 5.92 Å². The fraction of sp³-hybridized carbons (Fsp3) is 0.750. The fourth-order valence-corrected chi connectivity index (χ4v) is 2.57. The van der Waals surface area contributed by atoms with Crippen LogP contribution in [0.2, 0.25) is 0 Å². The molecule has 2 rings (SSSR count). The van der Waals surface area contributed by atoms with Gasteiger partial charge in [0.1, 0.15) is 11.6 Å². The molecule has 0 bridgehead atoms. The number of rotatable bonds is 5. The molecule has 0 aliphatic carbocycles. The van der Waals surface area contributed by atoms with Crippen molar-refractivity contribution >= 4 is 5.82 Å². The van der Waals surface area contributed by atoms with Gasteiger partial charge in [-0.3, -0.25) is 0 Å². The van der Waals surface area contributed by atoms with E-state index in [0.717, 1.165) is 36.3 Å². The van der Waals surface area contributed by atoms with Crippen molar-refractivity contribution in [1.29, 1.82) is 0 Å². The summed E-state index contributed by atoms with van der Waals surface area (Å²) in [6.45, 7) is 13.2. The Labute approximate surface area is 123 Å². The van der Waals surface area contributed by atoms with Crippen LogP contribution in [-0.2, 0) is 0 Å². The fourth-order valence-electron chi connectivity index (χ4n) is 2.57. The second-order valence-corrected chi connectivity index (χ2v) is 6.36. The SMILES string of the molecule is Cc1cc(NCCN2CCC(C)CC2)nc(C(C)C)n1. The molecule has 1 aromatic rings. The average Bonchev–Trinajstić information content (AvgIpc) is 2.40. The third kappa shape index (κ3) is 4.44. The molecular weight excluding hydrogens is 248 g/mol. The monoisotopic (exact) mass is 276 g/mol. The number of hydrogen-bond donors (Lipinski definition) is 1. The Kier molecular flexibility index (Phi) is 5.35. The zero-order chi connectivity index (χ0) is 14.5. The van der Waals surface area contributed by atoms with E-state index in [1.807, 2.05) is 13.0 Å². The van der Waals surface area contributed by atoms with Crippen molar-refractivity contribution in [1.82, 2.24) is 14.9 Å². The number of anilines is 1. The van der Waals surface area contributed by atoms with E-state index in [4.69, 9.17) is 0 Å². The van der Waals surface area contributed by atoms with Crippen LogP contribution in [0, 0.1) is 12.8 Å². The lowest BCUT2D eigenvalue weighted by atomic mass is 9.99. The Morgan fingerprint density at radius 1 is 1.30 bits per heavy atom. The molecule has 4 heteroatoms. The molecule has 0 atom stereocenters. The highest BCUT2D eigenvalue weighted by Crippen LogP contribution is 2.16. The summed E-state index contributed by atoms with van der Waals surface area (Å²) in [6, 6.07) is 2.03. The molecule has 20 heavy (non-hydrogen) atoms. The first-order valence-corrected chi connectivity index (χ1v) is 7.86. The van der Waals surface area contributed by atoms with E-state index in [-0.39, 0.29) is 0 Å². The number of nitrogens with zero attached hydrogens (tertiary/aromatic N) is 3. The van der Waals surface area contributed by atoms with Crippen molar-refractivity contribution in [2.75, 3.05) is 31.5 Å². The second-order valence-electron chi connectivity index (χ2n) is 6.36. The van der Waals surface area contributed by atoms with Crippen molar-refractivity contribution < 1.29 is 0 Å². The van der Waals surface area contributed by atoms with Gasteiger partial charge in [-0.15, -0.1) is 0 Å². The molecule has 2 heterocycles. The highest BCUT2D eigenvalue weighted by Gasteiger charge is 2.15. The Bertz CT molecular complexity index is 422. The Morgan fingerprint density at radius 2 is 2.00 bits per heavy atom. The normalized spacial score (nSPS) is 17.6. The van der Waals surface area contributed by atoms with Crippen LogP contribution < -0.4 is 5.32 Å². The van der Waals surface area contributed by atoms with Crippen LogP contribution in [0.3, 0.4) is 0 Å². The Balaban J connectivity index is 1.82. The minimum Gasteiger partial charge on any atom is -0.369 e. The molecule has 1 aromatic heterocycles. The van der Waals surface area contributed by atoms with E-state index < -0.39 is 0 Å². The van der Waals surface area contributed by atoms with Gasteiger partial charge in [0.25, 0.3) is 0 Å². The molecule has 0 unspecified atom stereocenters. The Hall–Kier alpha value is -1.16. The first kappa shape index (κ1) is 15.2. The maximum absolute atomic E-state index is 4.59. The van der Waals surface area contributed by atoms with Gasteiger partial charge in [-0.2, -0.15) is 0 Å². The minimum absolute atomic E-state index is 0.374. The molecule has 0 radical (unpaired) electrons. The molecule has 0 saturated carbocycles. The van der Waals surface area contributed by atoms with Gasteiger partial charge < -0.3 is 10.2 Å². The summed E-state index contributed by atoms with van der Waals surface area (Å²) >= 11 is 0. The van der Waals surface area contributed by atoms with Crippen LogP contribution in [0.25, 0.3) is 0 Å². The van der Waals surface area contributed by atoms with Crippen molar-refractivity contribution in [2.24, 2.45) is 5.92 Å². The van der Waals surface area contributed by atoms with Crippen LogP contribution in [0.4, 0.5) is 5.82 Å². The van der Waals surface area contributed by atoms with E-state index in [2.05, 4.69) is 41.0 Å². The highest BCUT2D eigenvalue weighted by atomic mass is 15.1. The van der Waals surface area contributed by atoms with Crippen LogP contribution >= 0.6 is 0 Å². The van der Waals surface area contributed by atoms with Gasteiger partial charge in [-0.1, -0.05) is 20.8 Å². The zero-order valence-corrected chi connectivity index (χ0v) is 13.3. The lowest BCUT2D eigenvalue weighted by Crippen LogP contribution is -2.36. The van der Waals surface area contributed by atoms with Crippen molar-refractivity contribution in [3.05, 3.63) is 17.6 Å². The molecule has 112 valence electrons. The standard InChI is InChI=1S/C16H28N4/c1-12(2)16-18-14(4)11-15(19-16)17-7-10-20-8-5-13(3)6-9-20/h11-13H,5-10H2,1-4H3,(H,17,18,19). The minimum atomic E-state index is 0.374. The maximum Gasteiger partial charge on any atom is 0.133 e. The lowest BCUT2D eigenvalue weighted by Gasteiger charge is -2.30. The summed E-state index contributed by atoms with van der Waals surface area (Å²) in [5.41, 5.74) is 1.04. The van der Waals surface area contributed by atoms with E-state index in [1.54, 1.807) is 0 Å². The van der Waals surface area contributed by atoms with Gasteiger partial charge in [0.15, 0.2) is 0 Å². The van der Waals surface area contributed by atoms with Crippen molar-refractivity contribution in [3.63, 3.8) is 0 Å². The summed E-state index contributed by atoms with van der Waals surface area (Å²) in [6.07, 6.45) is 2.67. The van der Waals surface area contributed by atoms with E-state index in [9.17, 15) is 0 Å². The van der Waals surface area contributed by atoms with Gasteiger partial charge in [-0.25, -0.2) is 9.97 Å². The molecule has 1 N–H and O–H groups in total. The summed E-state index contributed by atoms with van der Waals surface area (Å²) in [5.74, 6) is 3.17. The number of likely N-dealkylation sites (tertiary alicyclic amines) is 1. The Morgan fingerprint density at radius 3 is 2.65 bits per heavy atom. The van der Waals surface area contributed by atoms with Gasteiger partial charge in [0.2, 0.25) is 0 Å². The molecule has 1 aliphatic heterocycles. The lowest BCUT2D eigenvalue weighted by molar-refractivity contribution is 0.199. The van der Waals surface area contributed by atoms with Crippen LogP contribution in [0.15, 0.2) is 6.07 Å². The highest BCUT2D eigenvalue weighted by molar-refractivity contribution is 5.36. The zero-order valence-electron chi connectivity index (χ0n) is 13.3. The largest absolute Gasteiger partial charge is 0.369 e.